The van der Waals surface area contributed by atoms with Crippen molar-refractivity contribution in [1.29, 1.82) is 0 Å². The number of alkyl halides is 1. The van der Waals surface area contributed by atoms with Crippen molar-refractivity contribution in [2.45, 2.75) is 10.7 Å². The van der Waals surface area contributed by atoms with Crippen molar-refractivity contribution in [2.75, 3.05) is 0 Å². The molecule has 0 radical (unpaired) electrons. The van der Waals surface area contributed by atoms with Crippen molar-refractivity contribution >= 4 is 66.9 Å². The van der Waals surface area contributed by atoms with Gasteiger partial charge in [0.25, 0.3) is 0 Å². The highest BCUT2D eigenvalue weighted by molar-refractivity contribution is 9.10. The lowest BCUT2D eigenvalue weighted by molar-refractivity contribution is -0.125. The Labute approximate surface area is 124 Å². The highest BCUT2D eigenvalue weighted by atomic mass is 79.9. The first-order chi connectivity index (χ1) is 7.91. The van der Waals surface area contributed by atoms with E-state index in [9.17, 15) is 9.59 Å². The fourth-order valence-corrected chi connectivity index (χ4v) is 3.74. The predicted molar refractivity (Wildman–Crippen MR) is 72.8 cm³/mol. The van der Waals surface area contributed by atoms with Gasteiger partial charge in [-0.15, -0.1) is 0 Å². The van der Waals surface area contributed by atoms with Crippen molar-refractivity contribution in [3.05, 3.63) is 32.2 Å². The number of rotatable bonds is 1. The maximum absolute atomic E-state index is 11.7. The summed E-state index contributed by atoms with van der Waals surface area (Å²) in [6.45, 7) is 0. The van der Waals surface area contributed by atoms with Gasteiger partial charge < -0.3 is 0 Å². The van der Waals surface area contributed by atoms with Gasteiger partial charge in [-0.25, -0.2) is 0 Å². The summed E-state index contributed by atoms with van der Waals surface area (Å²) in [5.41, 5.74) is 0.460. The summed E-state index contributed by atoms with van der Waals surface area (Å²) >= 11 is 18.6. The summed E-state index contributed by atoms with van der Waals surface area (Å²) in [7, 11) is 0. The van der Waals surface area contributed by atoms with Crippen LogP contribution in [-0.2, 0) is 9.59 Å². The SMILES string of the molecule is O=C1NC(=O)C(c2c(Cl)cc(Br)cc2Cl)C1Br. The van der Waals surface area contributed by atoms with Crippen LogP contribution in [-0.4, -0.2) is 16.6 Å². The topological polar surface area (TPSA) is 46.2 Å². The molecule has 0 spiro atoms. The van der Waals surface area contributed by atoms with Crippen LogP contribution in [0.1, 0.15) is 11.5 Å². The molecule has 2 unspecified atom stereocenters. The fourth-order valence-electron chi connectivity index (χ4n) is 1.68. The molecule has 1 aliphatic rings. The van der Waals surface area contributed by atoms with Gasteiger partial charge in [0.2, 0.25) is 11.8 Å². The van der Waals surface area contributed by atoms with E-state index in [4.69, 9.17) is 23.2 Å². The zero-order chi connectivity index (χ0) is 12.7. The first-order valence-corrected chi connectivity index (χ1v) is 7.01. The highest BCUT2D eigenvalue weighted by Gasteiger charge is 2.42. The molecule has 2 atom stereocenters. The van der Waals surface area contributed by atoms with Gasteiger partial charge in [0.15, 0.2) is 0 Å². The monoisotopic (exact) mass is 399 g/mol. The van der Waals surface area contributed by atoms with Crippen LogP contribution in [0.2, 0.25) is 10.0 Å². The van der Waals surface area contributed by atoms with Crippen molar-refractivity contribution in [1.82, 2.24) is 5.32 Å². The first-order valence-electron chi connectivity index (χ1n) is 4.55. The maximum atomic E-state index is 11.7. The van der Waals surface area contributed by atoms with Gasteiger partial charge in [-0.3, -0.25) is 14.9 Å². The molecule has 0 aliphatic carbocycles. The van der Waals surface area contributed by atoms with E-state index in [1.165, 1.54) is 0 Å². The van der Waals surface area contributed by atoms with Gasteiger partial charge in [0.1, 0.15) is 4.83 Å². The Morgan fingerprint density at radius 2 is 1.65 bits per heavy atom. The van der Waals surface area contributed by atoms with Gasteiger partial charge in [-0.2, -0.15) is 0 Å². The van der Waals surface area contributed by atoms with E-state index in [0.29, 0.717) is 20.1 Å². The van der Waals surface area contributed by atoms with Crippen molar-refractivity contribution in [2.24, 2.45) is 0 Å². The summed E-state index contributed by atoms with van der Waals surface area (Å²) in [6, 6.07) is 3.27. The van der Waals surface area contributed by atoms with Gasteiger partial charge >= 0.3 is 0 Å². The van der Waals surface area contributed by atoms with E-state index in [2.05, 4.69) is 37.2 Å². The van der Waals surface area contributed by atoms with E-state index in [-0.39, 0.29) is 5.91 Å². The maximum Gasteiger partial charge on any atom is 0.241 e. The molecule has 2 rings (SSSR count). The number of benzene rings is 1. The lowest BCUT2D eigenvalue weighted by Gasteiger charge is -2.14. The summed E-state index contributed by atoms with van der Waals surface area (Å²) in [4.78, 5) is 22.4. The smallest absolute Gasteiger partial charge is 0.241 e. The number of halogens is 4. The van der Waals surface area contributed by atoms with Crippen molar-refractivity contribution in [3.8, 4) is 0 Å². The standard InChI is InChI=1S/C10H5Br2Cl2NO2/c11-3-1-4(13)6(5(14)2-3)7-8(12)10(17)15-9(7)16/h1-2,7-8H,(H,15,16,17). The average molecular weight is 402 g/mol. The quantitative estimate of drug-likeness (QED) is 0.580. The van der Waals surface area contributed by atoms with Crippen molar-refractivity contribution in [3.63, 3.8) is 0 Å². The molecule has 90 valence electrons. The number of nitrogens with one attached hydrogen (secondary N) is 1. The Balaban J connectivity index is 2.54. The van der Waals surface area contributed by atoms with E-state index in [0.717, 1.165) is 0 Å². The Hall–Kier alpha value is -0.100. The Morgan fingerprint density at radius 1 is 1.12 bits per heavy atom. The highest BCUT2D eigenvalue weighted by Crippen LogP contribution is 2.40. The average Bonchev–Trinajstić information content (AvgIpc) is 2.43. The largest absolute Gasteiger partial charge is 0.295 e. The minimum atomic E-state index is -0.699. The molecule has 17 heavy (non-hydrogen) atoms. The molecule has 1 saturated heterocycles. The van der Waals surface area contributed by atoms with Crippen LogP contribution in [0, 0.1) is 0 Å². The third kappa shape index (κ3) is 2.38. The second kappa shape index (κ2) is 4.88. The van der Waals surface area contributed by atoms with E-state index in [1.807, 2.05) is 0 Å². The molecule has 1 aromatic carbocycles. The van der Waals surface area contributed by atoms with Crippen LogP contribution in [0.4, 0.5) is 0 Å². The third-order valence-corrected chi connectivity index (χ3v) is 4.45. The van der Waals surface area contributed by atoms with Gasteiger partial charge in [-0.05, 0) is 12.1 Å². The molecule has 1 aromatic rings. The molecular weight excluding hydrogens is 397 g/mol. The molecule has 7 heteroatoms. The summed E-state index contributed by atoms with van der Waals surface area (Å²) < 4.78 is 0.715. The van der Waals surface area contributed by atoms with Crippen LogP contribution in [0.5, 0.6) is 0 Å². The number of carbonyl (C=O) groups is 2. The van der Waals surface area contributed by atoms with Crippen LogP contribution < -0.4 is 5.32 Å². The molecule has 1 N–H and O–H groups in total. The van der Waals surface area contributed by atoms with Crippen LogP contribution in [0.3, 0.4) is 0 Å². The summed E-state index contributed by atoms with van der Waals surface area (Å²) in [5, 5.41) is 2.93. The second-order valence-electron chi connectivity index (χ2n) is 3.52. The number of imide groups is 1. The lowest BCUT2D eigenvalue weighted by atomic mass is 9.97. The molecular formula is C10H5Br2Cl2NO2. The van der Waals surface area contributed by atoms with Gasteiger partial charge in [0, 0.05) is 20.1 Å². The Bertz CT molecular complexity index is 498. The molecule has 1 fully saturated rings. The second-order valence-corrected chi connectivity index (χ2v) is 6.23. The number of hydrogen-bond acceptors (Lipinski definition) is 2. The molecule has 2 amide bonds. The normalized spacial score (nSPS) is 24.0. The summed E-state index contributed by atoms with van der Waals surface area (Å²) in [6.07, 6.45) is 0. The molecule has 0 bridgehead atoms. The molecule has 3 nitrogen and oxygen atoms in total. The van der Waals surface area contributed by atoms with Crippen LogP contribution in [0.15, 0.2) is 16.6 Å². The first kappa shape index (κ1) is 13.3. The Morgan fingerprint density at radius 3 is 2.06 bits per heavy atom. The van der Waals surface area contributed by atoms with Crippen LogP contribution in [0.25, 0.3) is 0 Å². The minimum Gasteiger partial charge on any atom is -0.295 e. The Kier molecular flexibility index (Phi) is 3.83. The molecule has 1 heterocycles. The molecule has 0 aromatic heterocycles. The third-order valence-electron chi connectivity index (χ3n) is 2.43. The van der Waals surface area contributed by atoms with Gasteiger partial charge in [0.05, 0.1) is 5.92 Å². The van der Waals surface area contributed by atoms with Crippen molar-refractivity contribution < 1.29 is 9.59 Å². The zero-order valence-electron chi connectivity index (χ0n) is 8.14. The molecule has 1 aliphatic heterocycles. The zero-order valence-corrected chi connectivity index (χ0v) is 12.8. The summed E-state index contributed by atoms with van der Waals surface area (Å²) in [5.74, 6) is -1.48. The van der Waals surface area contributed by atoms with Gasteiger partial charge in [-0.1, -0.05) is 55.1 Å². The number of amides is 2. The van der Waals surface area contributed by atoms with E-state index >= 15 is 0 Å². The molecule has 0 saturated carbocycles. The van der Waals surface area contributed by atoms with E-state index in [1.54, 1.807) is 12.1 Å². The van der Waals surface area contributed by atoms with E-state index < -0.39 is 16.7 Å². The minimum absolute atomic E-state index is 0.351. The van der Waals surface area contributed by atoms with Crippen LogP contribution >= 0.6 is 55.1 Å². The predicted octanol–water partition coefficient (Wildman–Crippen LogP) is 3.26. The number of hydrogen-bond donors (Lipinski definition) is 1. The lowest BCUT2D eigenvalue weighted by Crippen LogP contribution is -2.22. The number of carbonyl (C=O) groups excluding carboxylic acids is 2. The fraction of sp³-hybridized carbons (Fsp3) is 0.200.